The van der Waals surface area contributed by atoms with Gasteiger partial charge in [0.15, 0.2) is 0 Å². The van der Waals surface area contributed by atoms with Crippen LogP contribution < -0.4 is 9.62 Å². The van der Waals surface area contributed by atoms with E-state index in [1.54, 1.807) is 42.5 Å². The number of carbonyl (C=O) groups is 2. The minimum absolute atomic E-state index is 0.0141. The zero-order valence-corrected chi connectivity index (χ0v) is 27.1. The van der Waals surface area contributed by atoms with Gasteiger partial charge in [-0.05, 0) is 54.3 Å². The molecule has 0 aliphatic heterocycles. The largest absolute Gasteiger partial charge is 0.352 e. The predicted octanol–water partition coefficient (Wildman–Crippen LogP) is 6.14. The van der Waals surface area contributed by atoms with E-state index in [1.807, 2.05) is 30.3 Å². The Hall–Kier alpha value is -4.74. The van der Waals surface area contributed by atoms with E-state index in [0.29, 0.717) is 10.6 Å². The molecule has 12 heteroatoms. The van der Waals surface area contributed by atoms with Crippen molar-refractivity contribution in [2.75, 3.05) is 10.8 Å². The van der Waals surface area contributed by atoms with Gasteiger partial charge in [-0.2, -0.15) is 0 Å². The Kier molecular flexibility index (Phi) is 10.9. The van der Waals surface area contributed by atoms with Crippen molar-refractivity contribution in [2.45, 2.75) is 55.6 Å². The molecule has 0 unspecified atom stereocenters. The summed E-state index contributed by atoms with van der Waals surface area (Å²) in [6, 6.07) is 27.8. The minimum atomic E-state index is -4.38. The third-order valence-electron chi connectivity index (χ3n) is 8.18. The molecule has 0 radical (unpaired) electrons. The molecule has 47 heavy (non-hydrogen) atoms. The third kappa shape index (κ3) is 8.55. The van der Waals surface area contributed by atoms with E-state index in [0.717, 1.165) is 41.6 Å². The molecule has 1 N–H and O–H groups in total. The van der Waals surface area contributed by atoms with Gasteiger partial charge >= 0.3 is 0 Å². The van der Waals surface area contributed by atoms with Gasteiger partial charge in [0.25, 0.3) is 15.7 Å². The third-order valence-corrected chi connectivity index (χ3v) is 10.2. The van der Waals surface area contributed by atoms with Gasteiger partial charge in [-0.3, -0.25) is 24.0 Å². The second-order valence-corrected chi connectivity index (χ2v) is 13.7. The quantitative estimate of drug-likeness (QED) is 0.134. The molecule has 1 aliphatic carbocycles. The van der Waals surface area contributed by atoms with E-state index in [4.69, 9.17) is 11.6 Å². The van der Waals surface area contributed by atoms with E-state index < -0.39 is 33.4 Å². The van der Waals surface area contributed by atoms with E-state index >= 15 is 0 Å². The SMILES string of the molecule is O=C(NC1CCCC1)[C@H](Cc1ccccc1)N(Cc1ccc(Cl)cc1)C(=O)CN(c1cccc([N+](=O)[O-])c1)S(=O)(=O)c1ccccc1. The fourth-order valence-corrected chi connectivity index (χ4v) is 7.27. The first-order valence-electron chi connectivity index (χ1n) is 15.3. The van der Waals surface area contributed by atoms with Gasteiger partial charge in [0.05, 0.1) is 15.5 Å². The minimum Gasteiger partial charge on any atom is -0.352 e. The van der Waals surface area contributed by atoms with Crippen LogP contribution in [-0.4, -0.2) is 48.7 Å². The van der Waals surface area contributed by atoms with Crippen LogP contribution in [0.4, 0.5) is 11.4 Å². The molecule has 1 fully saturated rings. The number of amides is 2. The van der Waals surface area contributed by atoms with Gasteiger partial charge in [-0.25, -0.2) is 8.42 Å². The molecule has 1 saturated carbocycles. The zero-order valence-electron chi connectivity index (χ0n) is 25.6. The fourth-order valence-electron chi connectivity index (χ4n) is 5.72. The molecule has 0 saturated heterocycles. The van der Waals surface area contributed by atoms with Crippen LogP contribution in [0.2, 0.25) is 5.02 Å². The van der Waals surface area contributed by atoms with Crippen LogP contribution in [-0.2, 0) is 32.6 Å². The summed E-state index contributed by atoms with van der Waals surface area (Å²) in [7, 11) is -4.38. The summed E-state index contributed by atoms with van der Waals surface area (Å²) in [6.45, 7) is -0.728. The Morgan fingerprint density at radius 1 is 0.872 bits per heavy atom. The van der Waals surface area contributed by atoms with Crippen LogP contribution in [0.1, 0.15) is 36.8 Å². The molecule has 4 aromatic carbocycles. The standard InChI is InChI=1S/C35H35ClN4O6S/c36-28-20-18-27(19-21-28)24-38(33(22-26-10-3-1-4-11-26)35(42)37-29-12-7-8-13-29)34(41)25-39(30-14-9-15-31(23-30)40(43)44)47(45,46)32-16-5-2-6-17-32/h1-6,9-11,14-21,23,29,33H,7-8,12-13,22,24-25H2,(H,37,42)/t33-/m0/s1. The van der Waals surface area contributed by atoms with Crippen LogP contribution in [0.5, 0.6) is 0 Å². The topological polar surface area (TPSA) is 130 Å². The van der Waals surface area contributed by atoms with Crippen molar-refractivity contribution in [3.8, 4) is 0 Å². The number of hydrogen-bond acceptors (Lipinski definition) is 6. The van der Waals surface area contributed by atoms with E-state index in [2.05, 4.69) is 5.32 Å². The monoisotopic (exact) mass is 674 g/mol. The molecule has 0 spiro atoms. The van der Waals surface area contributed by atoms with Gasteiger partial charge in [0.2, 0.25) is 11.8 Å². The van der Waals surface area contributed by atoms with Crippen LogP contribution in [0.3, 0.4) is 0 Å². The molecular weight excluding hydrogens is 640 g/mol. The molecule has 1 atom stereocenters. The number of nitrogens with zero attached hydrogens (tertiary/aromatic N) is 3. The maximum atomic E-state index is 14.5. The highest BCUT2D eigenvalue weighted by Gasteiger charge is 2.36. The van der Waals surface area contributed by atoms with Crippen molar-refractivity contribution in [1.82, 2.24) is 10.2 Å². The number of nitrogens with one attached hydrogen (secondary N) is 1. The molecule has 2 amide bonds. The first-order valence-corrected chi connectivity index (χ1v) is 17.1. The smallest absolute Gasteiger partial charge is 0.271 e. The first kappa shape index (κ1) is 33.6. The molecule has 0 bridgehead atoms. The highest BCUT2D eigenvalue weighted by molar-refractivity contribution is 7.92. The van der Waals surface area contributed by atoms with Crippen molar-refractivity contribution < 1.29 is 22.9 Å². The second kappa shape index (κ2) is 15.2. The Bertz CT molecular complexity index is 1800. The normalized spacial score (nSPS) is 13.9. The number of nitro groups is 1. The molecular formula is C35H35ClN4O6S. The second-order valence-electron chi connectivity index (χ2n) is 11.4. The average molecular weight is 675 g/mol. The number of anilines is 1. The molecule has 0 aromatic heterocycles. The number of benzene rings is 4. The summed E-state index contributed by atoms with van der Waals surface area (Å²) in [5.41, 5.74) is 1.11. The lowest BCUT2D eigenvalue weighted by molar-refractivity contribution is -0.384. The molecule has 1 aliphatic rings. The van der Waals surface area contributed by atoms with Crippen LogP contribution in [0, 0.1) is 10.1 Å². The Labute approximate surface area is 279 Å². The Morgan fingerprint density at radius 2 is 1.51 bits per heavy atom. The van der Waals surface area contributed by atoms with Crippen LogP contribution in [0.25, 0.3) is 0 Å². The van der Waals surface area contributed by atoms with Gasteiger partial charge in [0, 0.05) is 36.2 Å². The van der Waals surface area contributed by atoms with E-state index in [-0.39, 0.29) is 41.2 Å². The maximum Gasteiger partial charge on any atom is 0.271 e. The molecule has 0 heterocycles. The average Bonchev–Trinajstić information content (AvgIpc) is 3.60. The molecule has 244 valence electrons. The number of rotatable bonds is 13. The van der Waals surface area contributed by atoms with Gasteiger partial charge in [-0.15, -0.1) is 0 Å². The summed E-state index contributed by atoms with van der Waals surface area (Å²) >= 11 is 6.14. The number of carbonyl (C=O) groups excluding carboxylic acids is 2. The van der Waals surface area contributed by atoms with Crippen molar-refractivity contribution in [3.63, 3.8) is 0 Å². The highest BCUT2D eigenvalue weighted by atomic mass is 35.5. The lowest BCUT2D eigenvalue weighted by Crippen LogP contribution is -2.54. The zero-order chi connectivity index (χ0) is 33.4. The number of non-ortho nitro benzene ring substituents is 1. The number of sulfonamides is 1. The molecule has 5 rings (SSSR count). The van der Waals surface area contributed by atoms with Crippen LogP contribution in [0.15, 0.2) is 114 Å². The van der Waals surface area contributed by atoms with Crippen molar-refractivity contribution in [2.24, 2.45) is 0 Å². The maximum absolute atomic E-state index is 14.5. The summed E-state index contributed by atoms with van der Waals surface area (Å²) in [4.78, 5) is 40.9. The lowest BCUT2D eigenvalue weighted by Gasteiger charge is -2.34. The predicted molar refractivity (Wildman–Crippen MR) is 180 cm³/mol. The summed E-state index contributed by atoms with van der Waals surface area (Å²) in [6.07, 6.45) is 3.85. The first-order chi connectivity index (χ1) is 22.6. The summed E-state index contributed by atoms with van der Waals surface area (Å²) < 4.78 is 29.0. The van der Waals surface area contributed by atoms with Crippen molar-refractivity contribution in [1.29, 1.82) is 0 Å². The van der Waals surface area contributed by atoms with Gasteiger partial charge < -0.3 is 10.2 Å². The Morgan fingerprint density at radius 3 is 2.15 bits per heavy atom. The number of nitro benzene ring substituents is 1. The fraction of sp³-hybridized carbons (Fsp3) is 0.257. The number of hydrogen-bond donors (Lipinski definition) is 1. The van der Waals surface area contributed by atoms with Crippen molar-refractivity contribution >= 4 is 44.8 Å². The Balaban J connectivity index is 1.58. The van der Waals surface area contributed by atoms with Gasteiger partial charge in [0.1, 0.15) is 12.6 Å². The highest BCUT2D eigenvalue weighted by Crippen LogP contribution is 2.28. The van der Waals surface area contributed by atoms with Gasteiger partial charge in [-0.1, -0.05) is 91.2 Å². The van der Waals surface area contributed by atoms with Crippen LogP contribution >= 0.6 is 11.6 Å². The summed E-state index contributed by atoms with van der Waals surface area (Å²) in [5.74, 6) is -0.996. The number of halogens is 1. The molecule has 10 nitrogen and oxygen atoms in total. The van der Waals surface area contributed by atoms with E-state index in [1.165, 1.54) is 35.2 Å². The lowest BCUT2D eigenvalue weighted by atomic mass is 10.0. The van der Waals surface area contributed by atoms with Crippen molar-refractivity contribution in [3.05, 3.63) is 135 Å². The molecule has 4 aromatic rings. The van der Waals surface area contributed by atoms with E-state index in [9.17, 15) is 28.1 Å². The summed E-state index contributed by atoms with van der Waals surface area (Å²) in [5, 5.41) is 15.3.